The third-order valence-corrected chi connectivity index (χ3v) is 5.46. The summed E-state index contributed by atoms with van der Waals surface area (Å²) in [5, 5.41) is 0. The number of hydrogen-bond donors (Lipinski definition) is 0. The minimum Gasteiger partial charge on any atom is -0.494 e. The van der Waals surface area contributed by atoms with Gasteiger partial charge in [0.1, 0.15) is 5.75 Å². The van der Waals surface area contributed by atoms with E-state index in [1.807, 2.05) is 40.7 Å². The van der Waals surface area contributed by atoms with Gasteiger partial charge in [-0.1, -0.05) is 32.9 Å². The number of nitrogens with zero attached hydrogens (tertiary/aromatic N) is 3. The molecule has 0 atom stereocenters. The van der Waals surface area contributed by atoms with Crippen molar-refractivity contribution >= 4 is 11.9 Å². The van der Waals surface area contributed by atoms with Crippen molar-refractivity contribution < 1.29 is 14.3 Å². The molecule has 0 radical (unpaired) electrons. The van der Waals surface area contributed by atoms with Crippen LogP contribution >= 0.6 is 0 Å². The van der Waals surface area contributed by atoms with Gasteiger partial charge in [-0.3, -0.25) is 4.79 Å². The maximum Gasteiger partial charge on any atom is 0.320 e. The molecule has 0 N–H and O–H groups in total. The van der Waals surface area contributed by atoms with Crippen molar-refractivity contribution in [2.24, 2.45) is 0 Å². The van der Waals surface area contributed by atoms with Crippen molar-refractivity contribution in [3.05, 3.63) is 29.8 Å². The first-order chi connectivity index (χ1) is 13.8. The summed E-state index contributed by atoms with van der Waals surface area (Å²) < 4.78 is 5.78. The minimum atomic E-state index is 0.0768. The maximum absolute atomic E-state index is 12.4. The lowest BCUT2D eigenvalue weighted by Gasteiger charge is -2.37. The van der Waals surface area contributed by atoms with Crippen LogP contribution in [0, 0.1) is 0 Å². The van der Waals surface area contributed by atoms with E-state index < -0.39 is 0 Å². The van der Waals surface area contributed by atoms with Crippen LogP contribution in [-0.4, -0.2) is 72.5 Å². The van der Waals surface area contributed by atoms with Crippen LogP contribution in [0.2, 0.25) is 0 Å². The molecular weight excluding hydrogens is 366 g/mol. The Morgan fingerprint density at radius 3 is 2.03 bits per heavy atom. The van der Waals surface area contributed by atoms with Gasteiger partial charge >= 0.3 is 6.03 Å². The van der Waals surface area contributed by atoms with E-state index in [1.54, 1.807) is 0 Å². The fourth-order valence-electron chi connectivity index (χ4n) is 3.46. The molecule has 0 bridgehead atoms. The van der Waals surface area contributed by atoms with E-state index in [9.17, 15) is 9.59 Å². The molecule has 0 unspecified atom stereocenters. The van der Waals surface area contributed by atoms with Crippen molar-refractivity contribution in [1.82, 2.24) is 14.7 Å². The van der Waals surface area contributed by atoms with Crippen LogP contribution < -0.4 is 4.74 Å². The largest absolute Gasteiger partial charge is 0.494 e. The smallest absolute Gasteiger partial charge is 0.320 e. The van der Waals surface area contributed by atoms with E-state index in [-0.39, 0.29) is 17.4 Å². The highest BCUT2D eigenvalue weighted by molar-refractivity contribution is 5.77. The molecule has 2 rings (SSSR count). The maximum atomic E-state index is 12.4. The van der Waals surface area contributed by atoms with Crippen LogP contribution in [0.1, 0.15) is 53.0 Å². The molecule has 0 aromatic heterocycles. The Kier molecular flexibility index (Phi) is 8.35. The summed E-state index contributed by atoms with van der Waals surface area (Å²) in [6.07, 6.45) is 1.17. The number of piperazine rings is 1. The number of urea groups is 1. The Labute approximate surface area is 175 Å². The Morgan fingerprint density at radius 1 is 0.966 bits per heavy atom. The summed E-state index contributed by atoms with van der Waals surface area (Å²) in [5.74, 6) is 0.987. The first-order valence-electron chi connectivity index (χ1n) is 10.8. The molecule has 6 nitrogen and oxygen atoms in total. The average molecular weight is 404 g/mol. The third-order valence-electron chi connectivity index (χ3n) is 5.46. The predicted molar refractivity (Wildman–Crippen MR) is 116 cm³/mol. The standard InChI is InChI=1S/C23H37N3O3/c1-6-24(7-2)22(28)26-16-14-25(15-17-26)21(27)9-8-18-29-20-12-10-19(11-13-20)23(3,4)5/h10-13H,6-9,14-18H2,1-5H3. The van der Waals surface area contributed by atoms with Gasteiger partial charge in [0.05, 0.1) is 6.61 Å². The topological polar surface area (TPSA) is 53.1 Å². The summed E-state index contributed by atoms with van der Waals surface area (Å²) in [6.45, 7) is 14.9. The normalized spacial score (nSPS) is 14.7. The number of hydrogen-bond acceptors (Lipinski definition) is 3. The summed E-state index contributed by atoms with van der Waals surface area (Å²) in [4.78, 5) is 30.4. The summed E-state index contributed by atoms with van der Waals surface area (Å²) in [5.41, 5.74) is 1.41. The zero-order valence-electron chi connectivity index (χ0n) is 18.7. The number of rotatable bonds is 7. The van der Waals surface area contributed by atoms with Crippen LogP contribution in [0.15, 0.2) is 24.3 Å². The highest BCUT2D eigenvalue weighted by atomic mass is 16.5. The second-order valence-electron chi connectivity index (χ2n) is 8.55. The van der Waals surface area contributed by atoms with Gasteiger partial charge < -0.3 is 19.4 Å². The van der Waals surface area contributed by atoms with Crippen LogP contribution in [0.5, 0.6) is 5.75 Å². The fraction of sp³-hybridized carbons (Fsp3) is 0.652. The van der Waals surface area contributed by atoms with Crippen molar-refractivity contribution in [3.8, 4) is 5.75 Å². The zero-order chi connectivity index (χ0) is 21.4. The van der Waals surface area contributed by atoms with Gasteiger partial charge in [-0.15, -0.1) is 0 Å². The Balaban J connectivity index is 1.68. The number of carbonyl (C=O) groups excluding carboxylic acids is 2. The van der Waals surface area contributed by atoms with E-state index in [0.29, 0.717) is 58.7 Å². The highest BCUT2D eigenvalue weighted by Gasteiger charge is 2.25. The summed E-state index contributed by atoms with van der Waals surface area (Å²) in [6, 6.07) is 8.26. The van der Waals surface area contributed by atoms with E-state index >= 15 is 0 Å². The van der Waals surface area contributed by atoms with Crippen molar-refractivity contribution in [2.75, 3.05) is 45.9 Å². The first kappa shape index (κ1) is 23.0. The second-order valence-corrected chi connectivity index (χ2v) is 8.55. The molecule has 1 fully saturated rings. The first-order valence-corrected chi connectivity index (χ1v) is 10.8. The Hall–Kier alpha value is -2.24. The van der Waals surface area contributed by atoms with Crippen LogP contribution in [0.3, 0.4) is 0 Å². The molecule has 162 valence electrons. The van der Waals surface area contributed by atoms with Crippen molar-refractivity contribution in [2.45, 2.75) is 52.9 Å². The highest BCUT2D eigenvalue weighted by Crippen LogP contribution is 2.24. The van der Waals surface area contributed by atoms with Crippen molar-refractivity contribution in [3.63, 3.8) is 0 Å². The lowest BCUT2D eigenvalue weighted by atomic mass is 9.87. The number of amides is 3. The molecule has 0 saturated carbocycles. The second kappa shape index (κ2) is 10.5. The summed E-state index contributed by atoms with van der Waals surface area (Å²) >= 11 is 0. The molecule has 6 heteroatoms. The summed E-state index contributed by atoms with van der Waals surface area (Å²) in [7, 11) is 0. The predicted octanol–water partition coefficient (Wildman–Crippen LogP) is 3.75. The molecule has 1 heterocycles. The third kappa shape index (κ3) is 6.65. The van der Waals surface area contributed by atoms with Gasteiger partial charge in [0, 0.05) is 45.7 Å². The van der Waals surface area contributed by atoms with Gasteiger partial charge in [-0.25, -0.2) is 4.79 Å². The fourth-order valence-corrected chi connectivity index (χ4v) is 3.46. The van der Waals surface area contributed by atoms with Gasteiger partial charge in [-0.2, -0.15) is 0 Å². The Bertz CT molecular complexity index is 655. The van der Waals surface area contributed by atoms with E-state index in [1.165, 1.54) is 5.56 Å². The lowest BCUT2D eigenvalue weighted by molar-refractivity contribution is -0.132. The molecule has 29 heavy (non-hydrogen) atoms. The molecule has 1 aromatic rings. The average Bonchev–Trinajstić information content (AvgIpc) is 2.71. The molecule has 1 saturated heterocycles. The molecule has 0 aliphatic carbocycles. The van der Waals surface area contributed by atoms with E-state index in [4.69, 9.17) is 4.74 Å². The van der Waals surface area contributed by atoms with Gasteiger partial charge in [0.15, 0.2) is 0 Å². The Morgan fingerprint density at radius 2 is 1.52 bits per heavy atom. The van der Waals surface area contributed by atoms with Crippen LogP contribution in [0.4, 0.5) is 4.79 Å². The molecular formula is C23H37N3O3. The van der Waals surface area contributed by atoms with E-state index in [0.717, 1.165) is 5.75 Å². The zero-order valence-corrected chi connectivity index (χ0v) is 18.7. The van der Waals surface area contributed by atoms with Gasteiger partial charge in [-0.05, 0) is 43.4 Å². The van der Waals surface area contributed by atoms with Crippen LogP contribution in [-0.2, 0) is 10.2 Å². The molecule has 0 spiro atoms. The van der Waals surface area contributed by atoms with Gasteiger partial charge in [0.2, 0.25) is 5.91 Å². The molecule has 1 aliphatic rings. The van der Waals surface area contributed by atoms with E-state index in [2.05, 4.69) is 32.9 Å². The number of ether oxygens (including phenoxy) is 1. The number of carbonyl (C=O) groups is 2. The SMILES string of the molecule is CCN(CC)C(=O)N1CCN(C(=O)CCCOc2ccc(C(C)(C)C)cc2)CC1. The quantitative estimate of drug-likeness (QED) is 0.652. The monoisotopic (exact) mass is 403 g/mol. The number of benzene rings is 1. The molecule has 3 amide bonds. The lowest BCUT2D eigenvalue weighted by Crippen LogP contribution is -2.54. The van der Waals surface area contributed by atoms with Crippen LogP contribution in [0.25, 0.3) is 0 Å². The molecule has 1 aromatic carbocycles. The molecule has 1 aliphatic heterocycles. The van der Waals surface area contributed by atoms with Crippen molar-refractivity contribution in [1.29, 1.82) is 0 Å². The van der Waals surface area contributed by atoms with Gasteiger partial charge in [0.25, 0.3) is 0 Å². The minimum absolute atomic E-state index is 0.0768.